The highest BCUT2D eigenvalue weighted by atomic mass is 16.2. The van der Waals surface area contributed by atoms with Gasteiger partial charge in [0, 0.05) is 30.8 Å². The van der Waals surface area contributed by atoms with Crippen molar-refractivity contribution in [2.45, 2.75) is 66.8 Å². The molecular formula is C25H38N4O5. The van der Waals surface area contributed by atoms with E-state index in [0.29, 0.717) is 5.69 Å². The van der Waals surface area contributed by atoms with Gasteiger partial charge in [-0.15, -0.1) is 0 Å². The highest BCUT2D eigenvalue weighted by molar-refractivity contribution is 6.13. The number of rotatable bonds is 9. The summed E-state index contributed by atoms with van der Waals surface area (Å²) >= 11 is 0. The summed E-state index contributed by atoms with van der Waals surface area (Å²) in [4.78, 5) is 59.6. The average molecular weight is 475 g/mol. The van der Waals surface area contributed by atoms with Crippen molar-refractivity contribution in [3.8, 4) is 0 Å². The van der Waals surface area contributed by atoms with Gasteiger partial charge in [0.2, 0.25) is 17.7 Å². The monoisotopic (exact) mass is 474 g/mol. The Kier molecular flexibility index (Phi) is 15.3. The van der Waals surface area contributed by atoms with Crippen molar-refractivity contribution < 1.29 is 24.0 Å². The summed E-state index contributed by atoms with van der Waals surface area (Å²) in [6.45, 7) is 11.4. The molecule has 1 aliphatic heterocycles. The molecule has 1 aliphatic rings. The minimum atomic E-state index is -0.795. The normalized spacial score (nSPS) is 12.6. The maximum atomic E-state index is 12.2. The van der Waals surface area contributed by atoms with E-state index in [-0.39, 0.29) is 25.4 Å². The van der Waals surface area contributed by atoms with Crippen molar-refractivity contribution in [2.24, 2.45) is 0 Å². The van der Waals surface area contributed by atoms with Crippen molar-refractivity contribution in [2.75, 3.05) is 18.4 Å². The lowest BCUT2D eigenvalue weighted by atomic mass is 10.1. The van der Waals surface area contributed by atoms with Gasteiger partial charge in [-0.25, -0.2) is 0 Å². The number of anilines is 1. The molecule has 0 aliphatic carbocycles. The number of benzene rings is 1. The third-order valence-electron chi connectivity index (χ3n) is 4.31. The maximum absolute atomic E-state index is 12.2. The Morgan fingerprint density at radius 2 is 1.44 bits per heavy atom. The van der Waals surface area contributed by atoms with Crippen LogP contribution in [0.4, 0.5) is 5.69 Å². The molecule has 0 saturated carbocycles. The molecule has 1 unspecified atom stereocenters. The SMILES string of the molecule is CC.CCC.CCc1ccc(NC(=O)C(C)NC(=O)CNC(=O)CCN2C(=O)C=CC2=O)cc1. The van der Waals surface area contributed by atoms with Crippen LogP contribution in [-0.2, 0) is 30.4 Å². The van der Waals surface area contributed by atoms with Crippen LogP contribution in [0.25, 0.3) is 0 Å². The van der Waals surface area contributed by atoms with Gasteiger partial charge in [0.15, 0.2) is 0 Å². The molecule has 1 heterocycles. The molecule has 1 atom stereocenters. The molecule has 188 valence electrons. The Morgan fingerprint density at radius 3 is 1.94 bits per heavy atom. The first-order chi connectivity index (χ1) is 16.2. The van der Waals surface area contributed by atoms with Crippen molar-refractivity contribution in [3.05, 3.63) is 42.0 Å². The summed E-state index contributed by atoms with van der Waals surface area (Å²) in [5.41, 5.74) is 1.77. The van der Waals surface area contributed by atoms with Gasteiger partial charge in [0.1, 0.15) is 6.04 Å². The van der Waals surface area contributed by atoms with Crippen LogP contribution >= 0.6 is 0 Å². The first kappa shape index (κ1) is 30.5. The smallest absolute Gasteiger partial charge is 0.253 e. The lowest BCUT2D eigenvalue weighted by Gasteiger charge is -2.15. The van der Waals surface area contributed by atoms with Gasteiger partial charge in [0.05, 0.1) is 6.54 Å². The summed E-state index contributed by atoms with van der Waals surface area (Å²) in [7, 11) is 0. The van der Waals surface area contributed by atoms with Crippen molar-refractivity contribution in [1.29, 1.82) is 0 Å². The van der Waals surface area contributed by atoms with Gasteiger partial charge in [-0.1, -0.05) is 53.2 Å². The van der Waals surface area contributed by atoms with E-state index in [4.69, 9.17) is 0 Å². The van der Waals surface area contributed by atoms with Crippen LogP contribution < -0.4 is 16.0 Å². The fourth-order valence-corrected chi connectivity index (χ4v) is 2.56. The minimum Gasteiger partial charge on any atom is -0.347 e. The summed E-state index contributed by atoms with van der Waals surface area (Å²) in [6.07, 6.45) is 4.31. The van der Waals surface area contributed by atoms with Crippen molar-refractivity contribution in [3.63, 3.8) is 0 Å². The largest absolute Gasteiger partial charge is 0.347 e. The first-order valence-electron chi connectivity index (χ1n) is 11.7. The predicted molar refractivity (Wildman–Crippen MR) is 133 cm³/mol. The first-order valence-corrected chi connectivity index (χ1v) is 11.7. The van der Waals surface area contributed by atoms with E-state index in [1.54, 1.807) is 12.1 Å². The molecule has 0 aromatic heterocycles. The minimum absolute atomic E-state index is 0.0618. The van der Waals surface area contributed by atoms with E-state index in [1.807, 2.05) is 32.9 Å². The average Bonchev–Trinajstić information content (AvgIpc) is 3.15. The van der Waals surface area contributed by atoms with Crippen LogP contribution in [0.5, 0.6) is 0 Å². The number of carbonyl (C=O) groups is 5. The molecule has 0 saturated heterocycles. The lowest BCUT2D eigenvalue weighted by molar-refractivity contribution is -0.137. The van der Waals surface area contributed by atoms with E-state index in [0.717, 1.165) is 29.0 Å². The molecule has 9 heteroatoms. The molecule has 0 spiro atoms. The number of nitrogens with zero attached hydrogens (tertiary/aromatic N) is 1. The molecule has 0 fully saturated rings. The predicted octanol–water partition coefficient (Wildman–Crippen LogP) is 2.57. The molecule has 3 N–H and O–H groups in total. The van der Waals surface area contributed by atoms with E-state index in [1.165, 1.54) is 13.3 Å². The van der Waals surface area contributed by atoms with Crippen LogP contribution in [0.1, 0.15) is 59.9 Å². The second-order valence-electron chi connectivity index (χ2n) is 7.22. The van der Waals surface area contributed by atoms with E-state index in [2.05, 4.69) is 29.8 Å². The zero-order valence-electron chi connectivity index (χ0n) is 21.1. The maximum Gasteiger partial charge on any atom is 0.253 e. The topological polar surface area (TPSA) is 125 Å². The molecule has 9 nitrogen and oxygen atoms in total. The van der Waals surface area contributed by atoms with Gasteiger partial charge in [-0.05, 0) is 31.0 Å². The molecule has 34 heavy (non-hydrogen) atoms. The third kappa shape index (κ3) is 11.4. The van der Waals surface area contributed by atoms with Gasteiger partial charge >= 0.3 is 0 Å². The number of carbonyl (C=O) groups excluding carboxylic acids is 5. The zero-order chi connectivity index (χ0) is 26.1. The molecule has 2 rings (SSSR count). The lowest BCUT2D eigenvalue weighted by Crippen LogP contribution is -2.46. The number of nitrogens with one attached hydrogen (secondary N) is 3. The van der Waals surface area contributed by atoms with Gasteiger partial charge in [-0.3, -0.25) is 28.9 Å². The second-order valence-corrected chi connectivity index (χ2v) is 7.22. The molecule has 1 aromatic rings. The highest BCUT2D eigenvalue weighted by Crippen LogP contribution is 2.10. The van der Waals surface area contributed by atoms with Gasteiger partial charge < -0.3 is 16.0 Å². The van der Waals surface area contributed by atoms with Crippen LogP contribution in [0.2, 0.25) is 0 Å². The number of hydrogen-bond donors (Lipinski definition) is 3. The summed E-state index contributed by atoms with van der Waals surface area (Å²) in [5, 5.41) is 7.59. The van der Waals surface area contributed by atoms with Crippen LogP contribution in [0.3, 0.4) is 0 Å². The molecule has 0 bridgehead atoms. The number of aryl methyl sites for hydroxylation is 1. The fourth-order valence-electron chi connectivity index (χ4n) is 2.56. The Labute approximate surface area is 202 Å². The van der Waals surface area contributed by atoms with Crippen LogP contribution in [0.15, 0.2) is 36.4 Å². The van der Waals surface area contributed by atoms with Gasteiger partial charge in [0.25, 0.3) is 11.8 Å². The summed E-state index contributed by atoms with van der Waals surface area (Å²) in [5.74, 6) is -2.33. The van der Waals surface area contributed by atoms with Crippen molar-refractivity contribution in [1.82, 2.24) is 15.5 Å². The Hall–Kier alpha value is -3.49. The second kappa shape index (κ2) is 17.0. The van der Waals surface area contributed by atoms with Crippen LogP contribution in [0, 0.1) is 0 Å². The molecule has 5 amide bonds. The fraction of sp³-hybridized carbons (Fsp3) is 0.480. The van der Waals surface area contributed by atoms with Gasteiger partial charge in [-0.2, -0.15) is 0 Å². The Balaban J connectivity index is 0.00000201. The quantitative estimate of drug-likeness (QED) is 0.475. The number of hydrogen-bond acceptors (Lipinski definition) is 5. The summed E-state index contributed by atoms with van der Waals surface area (Å²) in [6, 6.07) is 6.60. The molecular weight excluding hydrogens is 436 g/mol. The Bertz CT molecular complexity index is 831. The summed E-state index contributed by atoms with van der Waals surface area (Å²) < 4.78 is 0. The third-order valence-corrected chi connectivity index (χ3v) is 4.31. The van der Waals surface area contributed by atoms with E-state index in [9.17, 15) is 24.0 Å². The molecule has 1 aromatic carbocycles. The van der Waals surface area contributed by atoms with Crippen molar-refractivity contribution >= 4 is 35.2 Å². The van der Waals surface area contributed by atoms with E-state index < -0.39 is 29.7 Å². The number of imide groups is 1. The van der Waals surface area contributed by atoms with E-state index >= 15 is 0 Å². The Morgan fingerprint density at radius 1 is 0.912 bits per heavy atom. The zero-order valence-corrected chi connectivity index (χ0v) is 21.1. The van der Waals surface area contributed by atoms with Crippen LogP contribution in [-0.4, -0.2) is 53.6 Å². The highest BCUT2D eigenvalue weighted by Gasteiger charge is 2.23. The number of amides is 5. The molecule has 0 radical (unpaired) electrons. The standard InChI is InChI=1S/C20H24N4O5.C3H8.C2H6/c1-3-14-4-6-15(7-5-14)23-20(29)13(2)22-17(26)12-21-16(25)10-11-24-18(27)8-9-19(24)28;1-3-2;1-2/h4-9,13H,3,10-12H2,1-2H3,(H,21,25)(H,22,26)(H,23,29);3H2,1-2H3;1-2H3.